The van der Waals surface area contributed by atoms with Crippen molar-refractivity contribution in [2.75, 3.05) is 5.32 Å². The maximum atomic E-state index is 12.7. The summed E-state index contributed by atoms with van der Waals surface area (Å²) >= 11 is 1.44. The number of thiophene rings is 1. The van der Waals surface area contributed by atoms with E-state index in [1.165, 1.54) is 17.4 Å². The molecule has 32 heavy (non-hydrogen) atoms. The van der Waals surface area contributed by atoms with Gasteiger partial charge < -0.3 is 31.9 Å². The van der Waals surface area contributed by atoms with Gasteiger partial charge in [-0.05, 0) is 30.5 Å². The lowest BCUT2D eigenvalue weighted by atomic mass is 9.90. The Balaban J connectivity index is 1.67. The van der Waals surface area contributed by atoms with Crippen molar-refractivity contribution in [2.24, 2.45) is 5.73 Å². The minimum atomic E-state index is -1.30. The van der Waals surface area contributed by atoms with Crippen LogP contribution in [0.4, 0.5) is 10.5 Å². The molecule has 9 nitrogen and oxygen atoms in total. The van der Waals surface area contributed by atoms with Crippen LogP contribution in [0.3, 0.4) is 0 Å². The van der Waals surface area contributed by atoms with E-state index < -0.39 is 42.1 Å². The SMILES string of the molecule is Cc1ccc(NC(=O)N[C@H]2C=C(C(=O)N[C@@H](Cc3cccs3)C(N)=O)C[C@@H](O)[C@@H]2O)cc1. The summed E-state index contributed by atoms with van der Waals surface area (Å²) in [4.78, 5) is 37.8. The molecule has 7 N–H and O–H groups in total. The van der Waals surface area contributed by atoms with Gasteiger partial charge in [-0.2, -0.15) is 0 Å². The van der Waals surface area contributed by atoms with E-state index in [4.69, 9.17) is 5.73 Å². The molecule has 170 valence electrons. The molecule has 4 amide bonds. The van der Waals surface area contributed by atoms with Gasteiger partial charge in [0.2, 0.25) is 11.8 Å². The molecule has 0 saturated carbocycles. The summed E-state index contributed by atoms with van der Waals surface area (Å²) in [6.07, 6.45) is -1.07. The first-order valence-electron chi connectivity index (χ1n) is 10.1. The number of benzene rings is 1. The van der Waals surface area contributed by atoms with Crippen LogP contribution in [0.5, 0.6) is 0 Å². The van der Waals surface area contributed by atoms with E-state index in [0.717, 1.165) is 10.4 Å². The molecule has 1 aromatic carbocycles. The van der Waals surface area contributed by atoms with Crippen molar-refractivity contribution < 1.29 is 24.6 Å². The summed E-state index contributed by atoms with van der Waals surface area (Å²) < 4.78 is 0. The Kier molecular flexibility index (Phi) is 7.62. The van der Waals surface area contributed by atoms with Crippen molar-refractivity contribution in [1.29, 1.82) is 0 Å². The van der Waals surface area contributed by atoms with Gasteiger partial charge in [-0.15, -0.1) is 11.3 Å². The first-order valence-corrected chi connectivity index (χ1v) is 10.9. The van der Waals surface area contributed by atoms with Gasteiger partial charge >= 0.3 is 6.03 Å². The van der Waals surface area contributed by atoms with Crippen molar-refractivity contribution in [3.8, 4) is 0 Å². The highest BCUT2D eigenvalue weighted by Crippen LogP contribution is 2.21. The van der Waals surface area contributed by atoms with Crippen molar-refractivity contribution in [2.45, 2.75) is 44.1 Å². The summed E-state index contributed by atoms with van der Waals surface area (Å²) in [6.45, 7) is 1.92. The molecule has 3 rings (SSSR count). The molecule has 0 saturated heterocycles. The standard InChI is InChI=1S/C22H26N4O5S/c1-12-4-6-14(7-5-12)24-22(31)26-16-9-13(10-18(27)19(16)28)21(30)25-17(20(23)29)11-15-3-2-8-32-15/h2-9,16-19,27-28H,10-11H2,1H3,(H2,23,29)(H,25,30)(H2,24,26,31)/t16-,17-,18+,19+/m0/s1. The van der Waals surface area contributed by atoms with Crippen LogP contribution in [-0.4, -0.2) is 52.4 Å². The van der Waals surface area contributed by atoms with Crippen LogP contribution < -0.4 is 21.7 Å². The van der Waals surface area contributed by atoms with Gasteiger partial charge in [-0.25, -0.2) is 4.79 Å². The molecule has 1 heterocycles. The predicted octanol–water partition coefficient (Wildman–Crippen LogP) is 0.811. The van der Waals surface area contributed by atoms with Crippen molar-refractivity contribution in [3.05, 3.63) is 63.9 Å². The average Bonchev–Trinajstić information content (AvgIpc) is 3.25. The highest BCUT2D eigenvalue weighted by Gasteiger charge is 2.34. The monoisotopic (exact) mass is 458 g/mol. The number of hydrogen-bond acceptors (Lipinski definition) is 6. The number of nitrogens with two attached hydrogens (primary N) is 1. The normalized spacial score (nSPS) is 21.2. The molecule has 1 aromatic heterocycles. The quantitative estimate of drug-likeness (QED) is 0.362. The number of carbonyl (C=O) groups excluding carboxylic acids is 3. The topological polar surface area (TPSA) is 154 Å². The largest absolute Gasteiger partial charge is 0.390 e. The fourth-order valence-electron chi connectivity index (χ4n) is 3.32. The van der Waals surface area contributed by atoms with Gasteiger partial charge in [-0.3, -0.25) is 9.59 Å². The highest BCUT2D eigenvalue weighted by atomic mass is 32.1. The Morgan fingerprint density at radius 2 is 1.91 bits per heavy atom. The molecule has 0 unspecified atom stereocenters. The zero-order valence-electron chi connectivity index (χ0n) is 17.4. The van der Waals surface area contributed by atoms with Gasteiger partial charge in [0.1, 0.15) is 12.1 Å². The Morgan fingerprint density at radius 1 is 1.19 bits per heavy atom. The number of anilines is 1. The molecule has 1 aliphatic carbocycles. The van der Waals surface area contributed by atoms with Crippen molar-refractivity contribution in [3.63, 3.8) is 0 Å². The van der Waals surface area contributed by atoms with E-state index in [1.54, 1.807) is 12.1 Å². The van der Waals surface area contributed by atoms with Crippen LogP contribution in [0.25, 0.3) is 0 Å². The zero-order valence-corrected chi connectivity index (χ0v) is 18.3. The van der Waals surface area contributed by atoms with E-state index in [1.807, 2.05) is 36.6 Å². The van der Waals surface area contributed by atoms with Crippen molar-refractivity contribution in [1.82, 2.24) is 10.6 Å². The van der Waals surface area contributed by atoms with Gasteiger partial charge in [0.05, 0.1) is 12.1 Å². The van der Waals surface area contributed by atoms with Crippen LogP contribution in [0.1, 0.15) is 16.9 Å². The molecule has 0 spiro atoms. The highest BCUT2D eigenvalue weighted by molar-refractivity contribution is 7.09. The average molecular weight is 459 g/mol. The molecular weight excluding hydrogens is 432 g/mol. The lowest BCUT2D eigenvalue weighted by Crippen LogP contribution is -2.53. The summed E-state index contributed by atoms with van der Waals surface area (Å²) in [5.41, 5.74) is 7.16. The molecule has 0 fully saturated rings. The first kappa shape index (κ1) is 23.5. The second kappa shape index (κ2) is 10.4. The van der Waals surface area contributed by atoms with Gasteiger partial charge in [-0.1, -0.05) is 29.8 Å². The number of aliphatic hydroxyl groups excluding tert-OH is 2. The van der Waals surface area contributed by atoms with Gasteiger partial charge in [0, 0.05) is 29.0 Å². The Morgan fingerprint density at radius 3 is 2.53 bits per heavy atom. The van der Waals surface area contributed by atoms with Crippen LogP contribution in [0, 0.1) is 6.92 Å². The molecule has 0 bridgehead atoms. The fraction of sp³-hybridized carbons (Fsp3) is 0.318. The number of nitrogens with one attached hydrogen (secondary N) is 3. The summed E-state index contributed by atoms with van der Waals surface area (Å²) in [6, 6.07) is 8.26. The fourth-order valence-corrected chi connectivity index (χ4v) is 4.08. The molecule has 4 atom stereocenters. The maximum Gasteiger partial charge on any atom is 0.319 e. The van der Waals surface area contributed by atoms with Crippen LogP contribution in [0.15, 0.2) is 53.4 Å². The molecule has 0 aliphatic heterocycles. The van der Waals surface area contributed by atoms with E-state index in [0.29, 0.717) is 5.69 Å². The minimum absolute atomic E-state index is 0.130. The number of primary amides is 1. The molecule has 2 aromatic rings. The molecular formula is C22H26N4O5S. The Hall–Kier alpha value is -3.21. The van der Waals surface area contributed by atoms with E-state index in [9.17, 15) is 24.6 Å². The predicted molar refractivity (Wildman–Crippen MR) is 121 cm³/mol. The number of aliphatic hydroxyl groups is 2. The Labute approximate surface area is 189 Å². The second-order valence-electron chi connectivity index (χ2n) is 7.66. The van der Waals surface area contributed by atoms with Crippen LogP contribution in [-0.2, 0) is 16.0 Å². The molecule has 0 radical (unpaired) electrons. The number of hydrogen-bond donors (Lipinski definition) is 6. The first-order chi connectivity index (χ1) is 15.2. The third kappa shape index (κ3) is 6.16. The number of rotatable bonds is 7. The summed E-state index contributed by atoms with van der Waals surface area (Å²) in [7, 11) is 0. The third-order valence-corrected chi connectivity index (χ3v) is 6.00. The minimum Gasteiger partial charge on any atom is -0.390 e. The van der Waals surface area contributed by atoms with Crippen LogP contribution in [0.2, 0.25) is 0 Å². The van der Waals surface area contributed by atoms with Gasteiger partial charge in [0.15, 0.2) is 0 Å². The van der Waals surface area contributed by atoms with Crippen LogP contribution >= 0.6 is 11.3 Å². The van der Waals surface area contributed by atoms with Crippen molar-refractivity contribution >= 4 is 34.9 Å². The third-order valence-electron chi connectivity index (χ3n) is 5.10. The number of carbonyl (C=O) groups is 3. The van der Waals surface area contributed by atoms with Gasteiger partial charge in [0.25, 0.3) is 0 Å². The summed E-state index contributed by atoms with van der Waals surface area (Å²) in [5, 5.41) is 30.1. The molecule has 1 aliphatic rings. The van der Waals surface area contributed by atoms with E-state index in [2.05, 4.69) is 16.0 Å². The smallest absolute Gasteiger partial charge is 0.319 e. The van der Waals surface area contributed by atoms with E-state index >= 15 is 0 Å². The lowest BCUT2D eigenvalue weighted by Gasteiger charge is -2.31. The number of aryl methyl sites for hydroxylation is 1. The zero-order chi connectivity index (χ0) is 23.3. The van der Waals surface area contributed by atoms with E-state index in [-0.39, 0.29) is 18.4 Å². The summed E-state index contributed by atoms with van der Waals surface area (Å²) in [5.74, 6) is -1.28. The number of urea groups is 1. The number of amides is 4. The molecule has 10 heteroatoms. The maximum absolute atomic E-state index is 12.7. The lowest BCUT2D eigenvalue weighted by molar-refractivity contribution is -0.125. The second-order valence-corrected chi connectivity index (χ2v) is 8.69. The Bertz CT molecular complexity index is 990.